The number of hydrogen-bond donors (Lipinski definition) is 0. The van der Waals surface area contributed by atoms with E-state index in [0.717, 1.165) is 18.9 Å². The van der Waals surface area contributed by atoms with Crippen LogP contribution in [0.15, 0.2) is 24.3 Å². The van der Waals surface area contributed by atoms with Gasteiger partial charge in [-0.05, 0) is 49.4 Å². The van der Waals surface area contributed by atoms with Crippen molar-refractivity contribution in [3.63, 3.8) is 0 Å². The second kappa shape index (κ2) is 6.55. The Kier molecular flexibility index (Phi) is 5.05. The molecule has 1 aromatic carbocycles. The highest BCUT2D eigenvalue weighted by Gasteiger charge is 2.17. The van der Waals surface area contributed by atoms with E-state index in [-0.39, 0.29) is 0 Å². The lowest BCUT2D eigenvalue weighted by Gasteiger charge is -2.31. The Bertz CT molecular complexity index is 325. The molecular weight excluding hydrogens is 274 g/mol. The molecule has 0 atom stereocenters. The zero-order valence-corrected chi connectivity index (χ0v) is 12.2. The Morgan fingerprint density at radius 1 is 1.12 bits per heavy atom. The van der Waals surface area contributed by atoms with Crippen molar-refractivity contribution in [2.45, 2.75) is 32.7 Å². The highest BCUT2D eigenvalue weighted by Crippen LogP contribution is 2.20. The van der Waals surface area contributed by atoms with Crippen molar-refractivity contribution < 1.29 is 0 Å². The average Bonchev–Trinajstić information content (AvgIpc) is 2.40. The zero-order chi connectivity index (χ0) is 12.1. The molecule has 94 valence electrons. The molecule has 1 fully saturated rings. The molecule has 1 aliphatic heterocycles. The maximum absolute atomic E-state index is 3.60. The summed E-state index contributed by atoms with van der Waals surface area (Å²) in [6.45, 7) is 5.84. The molecule has 1 saturated heterocycles. The predicted octanol–water partition coefficient (Wildman–Crippen LogP) is 3.86. The number of halogens is 1. The van der Waals surface area contributed by atoms with Gasteiger partial charge in [0, 0.05) is 11.9 Å². The van der Waals surface area contributed by atoms with Crippen LogP contribution < -0.4 is 0 Å². The third-order valence-corrected chi connectivity index (χ3v) is 4.68. The Morgan fingerprint density at radius 3 is 2.24 bits per heavy atom. The number of piperidine rings is 1. The molecule has 0 amide bonds. The number of likely N-dealkylation sites (tertiary alicyclic amines) is 1. The van der Waals surface area contributed by atoms with Gasteiger partial charge < -0.3 is 0 Å². The smallest absolute Gasteiger partial charge is 0.0233 e. The first kappa shape index (κ1) is 13.1. The predicted molar refractivity (Wildman–Crippen MR) is 77.6 cm³/mol. The first-order valence-corrected chi connectivity index (χ1v) is 7.80. The fraction of sp³-hybridized carbons (Fsp3) is 0.600. The van der Waals surface area contributed by atoms with Crippen molar-refractivity contribution in [2.24, 2.45) is 5.92 Å². The summed E-state index contributed by atoms with van der Waals surface area (Å²) in [4.78, 5) is 2.58. The van der Waals surface area contributed by atoms with E-state index in [9.17, 15) is 0 Å². The Balaban J connectivity index is 1.84. The molecule has 0 N–H and O–H groups in total. The van der Waals surface area contributed by atoms with Crippen LogP contribution in [0.3, 0.4) is 0 Å². The third-order valence-electron chi connectivity index (χ3n) is 3.76. The monoisotopic (exact) mass is 295 g/mol. The highest BCUT2D eigenvalue weighted by atomic mass is 79.9. The SMILES string of the molecule is CCc1ccc(CN2CCC(CBr)CC2)cc1. The first-order chi connectivity index (χ1) is 8.31. The van der Waals surface area contributed by atoms with Crippen molar-refractivity contribution in [3.05, 3.63) is 35.4 Å². The molecular formula is C15H22BrN. The molecule has 1 nitrogen and oxygen atoms in total. The van der Waals surface area contributed by atoms with Crippen molar-refractivity contribution >= 4 is 15.9 Å². The largest absolute Gasteiger partial charge is 0.299 e. The minimum absolute atomic E-state index is 0.897. The van der Waals surface area contributed by atoms with Crippen LogP contribution in [-0.4, -0.2) is 23.3 Å². The molecule has 17 heavy (non-hydrogen) atoms. The van der Waals surface area contributed by atoms with Gasteiger partial charge >= 0.3 is 0 Å². The summed E-state index contributed by atoms with van der Waals surface area (Å²) in [7, 11) is 0. The van der Waals surface area contributed by atoms with E-state index in [2.05, 4.69) is 52.0 Å². The van der Waals surface area contributed by atoms with Gasteiger partial charge in [-0.1, -0.05) is 47.1 Å². The quantitative estimate of drug-likeness (QED) is 0.763. The number of hydrogen-bond acceptors (Lipinski definition) is 1. The molecule has 2 heteroatoms. The summed E-state index contributed by atoms with van der Waals surface area (Å²) in [5, 5.41) is 1.17. The summed E-state index contributed by atoms with van der Waals surface area (Å²) in [6, 6.07) is 9.10. The second-order valence-electron chi connectivity index (χ2n) is 5.04. The third kappa shape index (κ3) is 3.82. The minimum atomic E-state index is 0.897. The standard InChI is InChI=1S/C15H22BrN/c1-2-13-3-5-15(6-4-13)12-17-9-7-14(11-16)8-10-17/h3-6,14H,2,7-12H2,1H3. The van der Waals surface area contributed by atoms with E-state index in [1.807, 2.05) is 0 Å². The lowest BCUT2D eigenvalue weighted by molar-refractivity contribution is 0.187. The molecule has 0 aliphatic carbocycles. The second-order valence-corrected chi connectivity index (χ2v) is 5.69. The van der Waals surface area contributed by atoms with Gasteiger partial charge in [0.2, 0.25) is 0 Å². The lowest BCUT2D eigenvalue weighted by atomic mass is 9.98. The van der Waals surface area contributed by atoms with Crippen LogP contribution in [0.25, 0.3) is 0 Å². The van der Waals surface area contributed by atoms with E-state index >= 15 is 0 Å². The van der Waals surface area contributed by atoms with E-state index in [0.29, 0.717) is 0 Å². The maximum Gasteiger partial charge on any atom is 0.0233 e. The number of alkyl halides is 1. The molecule has 0 bridgehead atoms. The number of rotatable bonds is 4. The van der Waals surface area contributed by atoms with Crippen LogP contribution in [0, 0.1) is 5.92 Å². The fourth-order valence-electron chi connectivity index (χ4n) is 2.44. The topological polar surface area (TPSA) is 3.24 Å². The number of aryl methyl sites for hydroxylation is 1. The maximum atomic E-state index is 3.60. The molecule has 0 aromatic heterocycles. The Morgan fingerprint density at radius 2 is 1.71 bits per heavy atom. The van der Waals surface area contributed by atoms with E-state index < -0.39 is 0 Å². The van der Waals surface area contributed by atoms with Crippen LogP contribution in [0.1, 0.15) is 30.9 Å². The molecule has 2 rings (SSSR count). The summed E-state index contributed by atoms with van der Waals surface area (Å²) in [5.41, 5.74) is 2.89. The summed E-state index contributed by atoms with van der Waals surface area (Å²) < 4.78 is 0. The lowest BCUT2D eigenvalue weighted by Crippen LogP contribution is -2.33. The fourth-order valence-corrected chi connectivity index (χ4v) is 3.08. The van der Waals surface area contributed by atoms with Crippen molar-refractivity contribution in [2.75, 3.05) is 18.4 Å². The van der Waals surface area contributed by atoms with Gasteiger partial charge in [-0.15, -0.1) is 0 Å². The van der Waals surface area contributed by atoms with Gasteiger partial charge in [-0.25, -0.2) is 0 Å². The van der Waals surface area contributed by atoms with Gasteiger partial charge in [0.25, 0.3) is 0 Å². The van der Waals surface area contributed by atoms with Crippen LogP contribution >= 0.6 is 15.9 Å². The van der Waals surface area contributed by atoms with Crippen molar-refractivity contribution in [3.8, 4) is 0 Å². The Hall–Kier alpha value is -0.340. The van der Waals surface area contributed by atoms with Crippen LogP contribution in [0.2, 0.25) is 0 Å². The van der Waals surface area contributed by atoms with Gasteiger partial charge in [0.05, 0.1) is 0 Å². The molecule has 1 aromatic rings. The van der Waals surface area contributed by atoms with Gasteiger partial charge in [0.15, 0.2) is 0 Å². The van der Waals surface area contributed by atoms with E-state index in [1.54, 1.807) is 0 Å². The van der Waals surface area contributed by atoms with Crippen LogP contribution in [0.5, 0.6) is 0 Å². The summed E-state index contributed by atoms with van der Waals surface area (Å²) in [5.74, 6) is 0.897. The van der Waals surface area contributed by atoms with Gasteiger partial charge in [-0.3, -0.25) is 4.90 Å². The van der Waals surface area contributed by atoms with Gasteiger partial charge in [-0.2, -0.15) is 0 Å². The minimum Gasteiger partial charge on any atom is -0.299 e. The van der Waals surface area contributed by atoms with Crippen molar-refractivity contribution in [1.29, 1.82) is 0 Å². The summed E-state index contributed by atoms with van der Waals surface area (Å²) >= 11 is 3.60. The average molecular weight is 296 g/mol. The molecule has 0 radical (unpaired) electrons. The highest BCUT2D eigenvalue weighted by molar-refractivity contribution is 9.09. The normalized spacial score (nSPS) is 18.5. The molecule has 0 saturated carbocycles. The molecule has 1 aliphatic rings. The van der Waals surface area contributed by atoms with E-state index in [4.69, 9.17) is 0 Å². The molecule has 0 spiro atoms. The molecule has 1 heterocycles. The van der Waals surface area contributed by atoms with Crippen LogP contribution in [-0.2, 0) is 13.0 Å². The van der Waals surface area contributed by atoms with E-state index in [1.165, 1.54) is 42.4 Å². The van der Waals surface area contributed by atoms with Crippen LogP contribution in [0.4, 0.5) is 0 Å². The first-order valence-electron chi connectivity index (χ1n) is 6.68. The summed E-state index contributed by atoms with van der Waals surface area (Å²) in [6.07, 6.45) is 3.83. The number of nitrogens with zero attached hydrogens (tertiary/aromatic N) is 1. The zero-order valence-electron chi connectivity index (χ0n) is 10.7. The van der Waals surface area contributed by atoms with Crippen molar-refractivity contribution in [1.82, 2.24) is 4.90 Å². The molecule has 0 unspecified atom stereocenters. The number of benzene rings is 1. The Labute approximate surface area is 113 Å². The van der Waals surface area contributed by atoms with Gasteiger partial charge in [0.1, 0.15) is 0 Å².